The number of carbonyl (C=O) groups is 3. The van der Waals surface area contributed by atoms with E-state index in [2.05, 4.69) is 5.32 Å². The maximum absolute atomic E-state index is 12.8. The summed E-state index contributed by atoms with van der Waals surface area (Å²) in [4.78, 5) is 51.7. The molecule has 1 aromatic heterocycles. The zero-order chi connectivity index (χ0) is 21.0. The van der Waals surface area contributed by atoms with E-state index in [-0.39, 0.29) is 22.7 Å². The molecule has 0 radical (unpaired) electrons. The molecule has 0 spiro atoms. The molecule has 1 aliphatic rings. The van der Waals surface area contributed by atoms with Crippen LogP contribution in [0.5, 0.6) is 0 Å². The van der Waals surface area contributed by atoms with Crippen molar-refractivity contribution in [2.75, 3.05) is 25.5 Å². The average molecular weight is 397 g/mol. The summed E-state index contributed by atoms with van der Waals surface area (Å²) in [5.74, 6) is -1.46. The number of hydrogen-bond acceptors (Lipinski definition) is 5. The maximum atomic E-state index is 12.8. The molecule has 0 bridgehead atoms. The highest BCUT2D eigenvalue weighted by Crippen LogP contribution is 2.16. The fraction of sp³-hybridized carbons (Fsp3) is 0.333. The standard InChI is InChI=1S/C21H23N3O5/c1-23-13-14(19(26)24-10-6-3-7-11-24)12-17(20(23)27)22-18(25)15-8-4-5-9-16(15)21(28)29-2/h4-5,8-9,12-13H,3,6-7,10-11H2,1-2H3,(H,22,25). The van der Waals surface area contributed by atoms with E-state index in [1.54, 1.807) is 17.0 Å². The van der Waals surface area contributed by atoms with Gasteiger partial charge in [-0.15, -0.1) is 0 Å². The van der Waals surface area contributed by atoms with Gasteiger partial charge >= 0.3 is 5.97 Å². The number of benzene rings is 1. The number of rotatable bonds is 4. The minimum absolute atomic E-state index is 0.0278. The van der Waals surface area contributed by atoms with Gasteiger partial charge in [0.2, 0.25) is 0 Å². The van der Waals surface area contributed by atoms with Crippen LogP contribution in [0.15, 0.2) is 41.3 Å². The van der Waals surface area contributed by atoms with E-state index in [4.69, 9.17) is 4.74 Å². The molecule has 1 N–H and O–H groups in total. The van der Waals surface area contributed by atoms with Crippen molar-refractivity contribution in [3.05, 3.63) is 63.6 Å². The largest absolute Gasteiger partial charge is 0.465 e. The number of esters is 1. The third-order valence-electron chi connectivity index (χ3n) is 4.90. The van der Waals surface area contributed by atoms with Gasteiger partial charge in [-0.3, -0.25) is 14.4 Å². The molecule has 2 heterocycles. The van der Waals surface area contributed by atoms with Crippen molar-refractivity contribution in [1.82, 2.24) is 9.47 Å². The second-order valence-corrected chi connectivity index (χ2v) is 6.90. The third-order valence-corrected chi connectivity index (χ3v) is 4.90. The lowest BCUT2D eigenvalue weighted by molar-refractivity contribution is 0.0597. The Morgan fingerprint density at radius 1 is 1.03 bits per heavy atom. The van der Waals surface area contributed by atoms with Crippen LogP contribution in [-0.2, 0) is 11.8 Å². The first kappa shape index (κ1) is 20.3. The van der Waals surface area contributed by atoms with Crippen molar-refractivity contribution in [3.8, 4) is 0 Å². The van der Waals surface area contributed by atoms with Gasteiger partial charge in [0.05, 0.1) is 23.8 Å². The number of methoxy groups -OCH3 is 1. The Balaban J connectivity index is 1.90. The summed E-state index contributed by atoms with van der Waals surface area (Å²) in [6, 6.07) is 7.54. The highest BCUT2D eigenvalue weighted by molar-refractivity contribution is 6.11. The summed E-state index contributed by atoms with van der Waals surface area (Å²) in [5.41, 5.74) is 0.00806. The molecule has 0 atom stereocenters. The number of anilines is 1. The lowest BCUT2D eigenvalue weighted by atomic mass is 10.1. The van der Waals surface area contributed by atoms with Gasteiger partial charge in [0.15, 0.2) is 0 Å². The van der Waals surface area contributed by atoms with Crippen molar-refractivity contribution in [2.24, 2.45) is 7.05 Å². The fourth-order valence-corrected chi connectivity index (χ4v) is 3.36. The first-order valence-electron chi connectivity index (χ1n) is 9.41. The number of amides is 2. The van der Waals surface area contributed by atoms with Crippen molar-refractivity contribution >= 4 is 23.5 Å². The van der Waals surface area contributed by atoms with Crippen LogP contribution in [-0.4, -0.2) is 47.4 Å². The Morgan fingerprint density at radius 2 is 1.69 bits per heavy atom. The minimum atomic E-state index is -0.655. The minimum Gasteiger partial charge on any atom is -0.465 e. The number of aromatic nitrogens is 1. The number of ether oxygens (including phenoxy) is 1. The molecule has 3 rings (SSSR count). The molecule has 2 amide bonds. The van der Waals surface area contributed by atoms with Crippen LogP contribution in [0.2, 0.25) is 0 Å². The predicted molar refractivity (Wildman–Crippen MR) is 107 cm³/mol. The lowest BCUT2D eigenvalue weighted by Gasteiger charge is -2.27. The SMILES string of the molecule is COC(=O)c1ccccc1C(=O)Nc1cc(C(=O)N2CCCCC2)cn(C)c1=O. The lowest BCUT2D eigenvalue weighted by Crippen LogP contribution is -2.36. The predicted octanol–water partition coefficient (Wildman–Crippen LogP) is 2.05. The number of nitrogens with zero attached hydrogens (tertiary/aromatic N) is 2. The first-order chi connectivity index (χ1) is 13.9. The Labute approximate surface area is 168 Å². The van der Waals surface area contributed by atoms with Gasteiger partial charge in [0, 0.05) is 26.3 Å². The quantitative estimate of drug-likeness (QED) is 0.797. The Hall–Kier alpha value is -3.42. The van der Waals surface area contributed by atoms with Crippen molar-refractivity contribution in [2.45, 2.75) is 19.3 Å². The summed E-state index contributed by atoms with van der Waals surface area (Å²) in [6.45, 7) is 1.35. The van der Waals surface area contributed by atoms with Gasteiger partial charge in [-0.25, -0.2) is 4.79 Å². The molecule has 1 saturated heterocycles. The molecule has 0 aliphatic carbocycles. The molecule has 29 heavy (non-hydrogen) atoms. The van der Waals surface area contributed by atoms with E-state index < -0.39 is 17.4 Å². The van der Waals surface area contributed by atoms with Crippen LogP contribution >= 0.6 is 0 Å². The number of hydrogen-bond donors (Lipinski definition) is 1. The number of likely N-dealkylation sites (tertiary alicyclic amines) is 1. The van der Waals surface area contributed by atoms with Crippen LogP contribution < -0.4 is 10.9 Å². The van der Waals surface area contributed by atoms with E-state index in [0.717, 1.165) is 19.3 Å². The number of pyridine rings is 1. The number of nitrogens with one attached hydrogen (secondary N) is 1. The number of piperidine rings is 1. The van der Waals surface area contributed by atoms with E-state index >= 15 is 0 Å². The van der Waals surface area contributed by atoms with E-state index in [9.17, 15) is 19.2 Å². The molecule has 8 nitrogen and oxygen atoms in total. The maximum Gasteiger partial charge on any atom is 0.338 e. The molecule has 0 saturated carbocycles. The molecular formula is C21H23N3O5. The Bertz CT molecular complexity index is 1010. The smallest absolute Gasteiger partial charge is 0.338 e. The van der Waals surface area contributed by atoms with Gasteiger partial charge in [-0.2, -0.15) is 0 Å². The topological polar surface area (TPSA) is 97.7 Å². The number of aryl methyl sites for hydroxylation is 1. The normalized spacial score (nSPS) is 13.7. The Kier molecular flexibility index (Phi) is 6.11. The third kappa shape index (κ3) is 4.37. The van der Waals surface area contributed by atoms with Crippen molar-refractivity contribution in [1.29, 1.82) is 0 Å². The monoisotopic (exact) mass is 397 g/mol. The molecule has 0 unspecified atom stereocenters. The van der Waals surface area contributed by atoms with Gasteiger partial charge in [0.25, 0.3) is 17.4 Å². The summed E-state index contributed by atoms with van der Waals surface area (Å²) in [6.07, 6.45) is 4.46. The molecule has 8 heteroatoms. The van der Waals surface area contributed by atoms with E-state index in [0.29, 0.717) is 18.7 Å². The van der Waals surface area contributed by atoms with E-state index in [1.807, 2.05) is 0 Å². The molecule has 1 fully saturated rings. The van der Waals surface area contributed by atoms with Gasteiger partial charge in [-0.1, -0.05) is 12.1 Å². The zero-order valence-corrected chi connectivity index (χ0v) is 16.4. The second kappa shape index (κ2) is 8.72. The fourth-order valence-electron chi connectivity index (χ4n) is 3.36. The molecule has 1 aliphatic heterocycles. The van der Waals surface area contributed by atoms with E-state index in [1.165, 1.54) is 43.1 Å². The van der Waals surface area contributed by atoms with Crippen LogP contribution in [0.25, 0.3) is 0 Å². The average Bonchev–Trinajstić information content (AvgIpc) is 2.76. The summed E-state index contributed by atoms with van der Waals surface area (Å²) >= 11 is 0. The molecule has 152 valence electrons. The molecule has 2 aromatic rings. The first-order valence-corrected chi connectivity index (χ1v) is 9.41. The summed E-state index contributed by atoms with van der Waals surface area (Å²) in [5, 5.41) is 2.53. The Morgan fingerprint density at radius 3 is 2.34 bits per heavy atom. The summed E-state index contributed by atoms with van der Waals surface area (Å²) in [7, 11) is 2.75. The van der Waals surface area contributed by atoms with Crippen LogP contribution in [0.4, 0.5) is 5.69 Å². The van der Waals surface area contributed by atoms with Crippen molar-refractivity contribution in [3.63, 3.8) is 0 Å². The van der Waals surface area contributed by atoms with Crippen LogP contribution in [0.3, 0.4) is 0 Å². The summed E-state index contributed by atoms with van der Waals surface area (Å²) < 4.78 is 5.97. The number of carbonyl (C=O) groups excluding carboxylic acids is 3. The van der Waals surface area contributed by atoms with Gasteiger partial charge in [0.1, 0.15) is 5.69 Å². The van der Waals surface area contributed by atoms with Gasteiger partial charge in [-0.05, 0) is 37.5 Å². The van der Waals surface area contributed by atoms with Crippen molar-refractivity contribution < 1.29 is 19.1 Å². The molecule has 1 aromatic carbocycles. The highest BCUT2D eigenvalue weighted by atomic mass is 16.5. The van der Waals surface area contributed by atoms with Gasteiger partial charge < -0.3 is 19.5 Å². The molecular weight excluding hydrogens is 374 g/mol. The second-order valence-electron chi connectivity index (χ2n) is 6.90. The zero-order valence-electron chi connectivity index (χ0n) is 16.4. The van der Waals surface area contributed by atoms with Crippen LogP contribution in [0, 0.1) is 0 Å². The van der Waals surface area contributed by atoms with Crippen LogP contribution in [0.1, 0.15) is 50.3 Å². The highest BCUT2D eigenvalue weighted by Gasteiger charge is 2.22.